The van der Waals surface area contributed by atoms with Crippen molar-refractivity contribution in [3.8, 4) is 0 Å². The van der Waals surface area contributed by atoms with Crippen molar-refractivity contribution in [2.24, 2.45) is 0 Å². The predicted molar refractivity (Wildman–Crippen MR) is 99.2 cm³/mol. The number of halogens is 2. The molecule has 0 aromatic heterocycles. The van der Waals surface area contributed by atoms with Crippen molar-refractivity contribution in [1.29, 1.82) is 0 Å². The molecule has 0 fully saturated rings. The van der Waals surface area contributed by atoms with E-state index in [-0.39, 0.29) is 10.5 Å². The second kappa shape index (κ2) is 7.23. The lowest BCUT2D eigenvalue weighted by Gasteiger charge is -2.14. The molecule has 0 saturated heterocycles. The monoisotopic (exact) mass is 430 g/mol. The van der Waals surface area contributed by atoms with Gasteiger partial charge < -0.3 is 5.32 Å². The number of hydrogen-bond acceptors (Lipinski definition) is 3. The van der Waals surface area contributed by atoms with Crippen LogP contribution >= 0.6 is 27.5 Å². The van der Waals surface area contributed by atoms with E-state index < -0.39 is 15.9 Å². The van der Waals surface area contributed by atoms with E-state index in [1.165, 1.54) is 26.2 Å². The van der Waals surface area contributed by atoms with Crippen LogP contribution in [0, 0.1) is 6.92 Å². The van der Waals surface area contributed by atoms with Crippen molar-refractivity contribution in [3.05, 3.63) is 57.0 Å². The zero-order valence-corrected chi connectivity index (χ0v) is 16.5. The number of sulfonamides is 1. The van der Waals surface area contributed by atoms with Gasteiger partial charge >= 0.3 is 0 Å². The number of benzene rings is 2. The number of hydrogen-bond donors (Lipinski definition) is 1. The summed E-state index contributed by atoms with van der Waals surface area (Å²) in [6.07, 6.45) is 0. The zero-order valence-electron chi connectivity index (χ0n) is 13.3. The van der Waals surface area contributed by atoms with Crippen LogP contribution in [0.2, 0.25) is 5.02 Å². The summed E-state index contributed by atoms with van der Waals surface area (Å²) in [6.45, 7) is 1.84. The van der Waals surface area contributed by atoms with Crippen molar-refractivity contribution >= 4 is 49.1 Å². The second-order valence-corrected chi connectivity index (χ2v) is 8.76. The summed E-state index contributed by atoms with van der Waals surface area (Å²) in [5.74, 6) is -0.414. The lowest BCUT2D eigenvalue weighted by Crippen LogP contribution is -2.23. The molecule has 5 nitrogen and oxygen atoms in total. The van der Waals surface area contributed by atoms with Crippen LogP contribution in [-0.4, -0.2) is 32.7 Å². The van der Waals surface area contributed by atoms with Crippen LogP contribution in [0.4, 0.5) is 5.69 Å². The number of anilines is 1. The summed E-state index contributed by atoms with van der Waals surface area (Å²) >= 11 is 9.16. The SMILES string of the molecule is Cc1ccc(Cl)cc1NC(=O)c1ccc(Br)c(S(=O)(=O)N(C)C)c1. The van der Waals surface area contributed by atoms with Crippen LogP contribution in [-0.2, 0) is 10.0 Å². The molecule has 1 N–H and O–H groups in total. The van der Waals surface area contributed by atoms with Gasteiger partial charge in [0.2, 0.25) is 10.0 Å². The standard InChI is InChI=1S/C16H16BrClN2O3S/c1-10-4-6-12(18)9-14(10)19-16(21)11-5-7-13(17)15(8-11)24(22,23)20(2)3/h4-9H,1-3H3,(H,19,21). The minimum Gasteiger partial charge on any atom is -0.322 e. The first-order chi connectivity index (χ1) is 11.1. The predicted octanol–water partition coefficient (Wildman–Crippen LogP) is 3.91. The van der Waals surface area contributed by atoms with Crippen molar-refractivity contribution in [2.75, 3.05) is 19.4 Å². The maximum Gasteiger partial charge on any atom is 0.255 e. The highest BCUT2D eigenvalue weighted by molar-refractivity contribution is 9.10. The van der Waals surface area contributed by atoms with Crippen molar-refractivity contribution in [2.45, 2.75) is 11.8 Å². The van der Waals surface area contributed by atoms with E-state index in [1.807, 2.05) is 6.92 Å². The zero-order chi connectivity index (χ0) is 18.1. The molecule has 0 heterocycles. The molecule has 0 radical (unpaired) electrons. The van der Waals surface area contributed by atoms with Crippen LogP contribution in [0.3, 0.4) is 0 Å². The average molecular weight is 432 g/mol. The van der Waals surface area contributed by atoms with Gasteiger partial charge in [0.15, 0.2) is 0 Å². The Hall–Kier alpha value is -1.41. The lowest BCUT2D eigenvalue weighted by atomic mass is 10.1. The number of aryl methyl sites for hydroxylation is 1. The molecule has 2 rings (SSSR count). The summed E-state index contributed by atoms with van der Waals surface area (Å²) in [4.78, 5) is 12.5. The van der Waals surface area contributed by atoms with Gasteiger partial charge in [-0.15, -0.1) is 0 Å². The molecule has 0 aliphatic rings. The van der Waals surface area contributed by atoms with Gasteiger partial charge in [-0.2, -0.15) is 0 Å². The summed E-state index contributed by atoms with van der Waals surface area (Å²) in [7, 11) is -0.797. The number of rotatable bonds is 4. The third kappa shape index (κ3) is 3.97. The van der Waals surface area contributed by atoms with Gasteiger partial charge in [0.05, 0.1) is 4.90 Å². The van der Waals surface area contributed by atoms with Gasteiger partial charge in [-0.25, -0.2) is 12.7 Å². The highest BCUT2D eigenvalue weighted by Crippen LogP contribution is 2.26. The first-order valence-corrected chi connectivity index (χ1v) is 9.53. The van der Waals surface area contributed by atoms with Crippen molar-refractivity contribution < 1.29 is 13.2 Å². The Morgan fingerprint density at radius 1 is 1.17 bits per heavy atom. The van der Waals surface area contributed by atoms with Crippen LogP contribution < -0.4 is 5.32 Å². The molecule has 0 atom stereocenters. The number of carbonyl (C=O) groups is 1. The third-order valence-corrected chi connectivity index (χ3v) is 6.44. The molecule has 1 amide bonds. The molecule has 2 aromatic carbocycles. The van der Waals surface area contributed by atoms with Crippen LogP contribution in [0.5, 0.6) is 0 Å². The molecular formula is C16H16BrClN2O3S. The second-order valence-electron chi connectivity index (χ2n) is 5.35. The van der Waals surface area contributed by atoms with E-state index >= 15 is 0 Å². The van der Waals surface area contributed by atoms with Crippen LogP contribution in [0.1, 0.15) is 15.9 Å². The normalized spacial score (nSPS) is 11.6. The molecule has 8 heteroatoms. The number of carbonyl (C=O) groups excluding carboxylic acids is 1. The average Bonchev–Trinajstić information content (AvgIpc) is 2.50. The molecule has 0 aliphatic carbocycles. The van der Waals surface area contributed by atoms with Gasteiger partial charge in [-0.3, -0.25) is 4.79 Å². The fraction of sp³-hybridized carbons (Fsp3) is 0.188. The smallest absolute Gasteiger partial charge is 0.255 e. The van der Waals surface area contributed by atoms with Gasteiger partial charge in [0.25, 0.3) is 5.91 Å². The molecule has 24 heavy (non-hydrogen) atoms. The number of nitrogens with one attached hydrogen (secondary N) is 1. The molecule has 0 unspecified atom stereocenters. The van der Waals surface area contributed by atoms with Crippen LogP contribution in [0.15, 0.2) is 45.8 Å². The summed E-state index contributed by atoms with van der Waals surface area (Å²) in [6, 6.07) is 9.60. The van der Waals surface area contributed by atoms with Crippen molar-refractivity contribution in [3.63, 3.8) is 0 Å². The Kier molecular flexibility index (Phi) is 5.70. The minimum atomic E-state index is -3.67. The Morgan fingerprint density at radius 3 is 2.46 bits per heavy atom. The molecule has 2 aromatic rings. The van der Waals surface area contributed by atoms with Crippen LogP contribution in [0.25, 0.3) is 0 Å². The summed E-state index contributed by atoms with van der Waals surface area (Å²) < 4.78 is 26.2. The van der Waals surface area contributed by atoms with Gasteiger partial charge in [0.1, 0.15) is 0 Å². The highest BCUT2D eigenvalue weighted by atomic mass is 79.9. The van der Waals surface area contributed by atoms with E-state index in [0.29, 0.717) is 15.2 Å². The van der Waals surface area contributed by atoms with Gasteiger partial charge in [-0.05, 0) is 58.7 Å². The van der Waals surface area contributed by atoms with E-state index in [4.69, 9.17) is 11.6 Å². The maximum absolute atomic E-state index is 12.5. The first-order valence-electron chi connectivity index (χ1n) is 6.92. The number of amides is 1. The Bertz CT molecular complexity index is 898. The van der Waals surface area contributed by atoms with E-state index in [2.05, 4.69) is 21.2 Å². The Labute approximate surface area is 154 Å². The maximum atomic E-state index is 12.5. The molecular weight excluding hydrogens is 416 g/mol. The Morgan fingerprint density at radius 2 is 1.83 bits per heavy atom. The molecule has 128 valence electrons. The highest BCUT2D eigenvalue weighted by Gasteiger charge is 2.22. The van der Waals surface area contributed by atoms with Crippen molar-refractivity contribution in [1.82, 2.24) is 4.31 Å². The van der Waals surface area contributed by atoms with E-state index in [9.17, 15) is 13.2 Å². The molecule has 0 spiro atoms. The van der Waals surface area contributed by atoms with E-state index in [1.54, 1.807) is 24.3 Å². The largest absolute Gasteiger partial charge is 0.322 e. The fourth-order valence-electron chi connectivity index (χ4n) is 1.96. The van der Waals surface area contributed by atoms with Gasteiger partial charge in [0, 0.05) is 34.8 Å². The lowest BCUT2D eigenvalue weighted by molar-refractivity contribution is 0.102. The first kappa shape index (κ1) is 18.9. The Balaban J connectivity index is 2.39. The topological polar surface area (TPSA) is 66.5 Å². The minimum absolute atomic E-state index is 0.0305. The molecule has 0 bridgehead atoms. The fourth-order valence-corrected chi connectivity index (χ4v) is 3.98. The summed E-state index contributed by atoms with van der Waals surface area (Å²) in [5, 5.41) is 3.25. The molecule has 0 aliphatic heterocycles. The van der Waals surface area contributed by atoms with E-state index in [0.717, 1.165) is 9.87 Å². The quantitative estimate of drug-likeness (QED) is 0.798. The summed E-state index contributed by atoms with van der Waals surface area (Å²) in [5.41, 5.74) is 1.66. The van der Waals surface area contributed by atoms with Gasteiger partial charge in [-0.1, -0.05) is 17.7 Å². The number of nitrogens with zero attached hydrogens (tertiary/aromatic N) is 1. The third-order valence-electron chi connectivity index (χ3n) is 3.40. The molecule has 0 saturated carbocycles.